The Balaban J connectivity index is 1.56. The van der Waals surface area contributed by atoms with Gasteiger partial charge in [-0.3, -0.25) is 0 Å². The van der Waals surface area contributed by atoms with Crippen molar-refractivity contribution in [2.45, 2.75) is 53.2 Å². The second kappa shape index (κ2) is 16.7. The molecule has 6 nitrogen and oxygen atoms in total. The van der Waals surface area contributed by atoms with E-state index in [2.05, 4.69) is 48.1 Å². The number of hydrogen-bond acceptors (Lipinski definition) is 6. The van der Waals surface area contributed by atoms with Crippen LogP contribution in [-0.2, 0) is 27.5 Å². The first-order chi connectivity index (χ1) is 16.6. The van der Waals surface area contributed by atoms with Gasteiger partial charge >= 0.3 is 0 Å². The topological polar surface area (TPSA) is 58.5 Å². The molecule has 0 heterocycles. The zero-order chi connectivity index (χ0) is 24.4. The van der Waals surface area contributed by atoms with E-state index in [1.807, 2.05) is 31.2 Å². The summed E-state index contributed by atoms with van der Waals surface area (Å²) in [5.41, 5.74) is 4.50. The third kappa shape index (κ3) is 10.9. The molecule has 2 rings (SSSR count). The Labute approximate surface area is 204 Å². The van der Waals surface area contributed by atoms with E-state index in [1.54, 1.807) is 6.21 Å². The Bertz CT molecular complexity index is 854. The smallest absolute Gasteiger partial charge is 0.125 e. The molecule has 0 amide bonds. The molecule has 0 aromatic heterocycles. The summed E-state index contributed by atoms with van der Waals surface area (Å²) in [5, 5.41) is 3.64. The van der Waals surface area contributed by atoms with E-state index >= 15 is 0 Å². The first kappa shape index (κ1) is 27.4. The minimum absolute atomic E-state index is 0.432. The molecule has 0 N–H and O–H groups in total. The highest BCUT2D eigenvalue weighted by Gasteiger charge is 2.07. The lowest BCUT2D eigenvalue weighted by atomic mass is 10.1. The van der Waals surface area contributed by atoms with E-state index in [0.717, 1.165) is 59.6 Å². The summed E-state index contributed by atoms with van der Waals surface area (Å²) < 4.78 is 23.1. The lowest BCUT2D eigenvalue weighted by molar-refractivity contribution is 0.115. The van der Waals surface area contributed by atoms with Crippen LogP contribution in [0.3, 0.4) is 0 Å². The van der Waals surface area contributed by atoms with Gasteiger partial charge in [-0.2, -0.15) is 0 Å². The zero-order valence-corrected chi connectivity index (χ0v) is 21.0. The van der Waals surface area contributed by atoms with Gasteiger partial charge in [-0.05, 0) is 74.4 Å². The second-order valence-corrected chi connectivity index (χ2v) is 8.03. The van der Waals surface area contributed by atoms with E-state index in [4.69, 9.17) is 18.9 Å². The number of benzene rings is 2. The van der Waals surface area contributed by atoms with Crippen molar-refractivity contribution in [2.75, 3.05) is 33.5 Å². The fraction of sp³-hybridized carbons (Fsp3) is 0.464. The van der Waals surface area contributed by atoms with Gasteiger partial charge in [0.2, 0.25) is 0 Å². The van der Waals surface area contributed by atoms with Crippen molar-refractivity contribution < 1.29 is 23.8 Å². The van der Waals surface area contributed by atoms with E-state index in [9.17, 15) is 0 Å². The van der Waals surface area contributed by atoms with Crippen LogP contribution < -0.4 is 9.47 Å². The van der Waals surface area contributed by atoms with E-state index in [-0.39, 0.29) is 0 Å². The number of hydrogen-bond donors (Lipinski definition) is 0. The maximum atomic E-state index is 6.05. The Morgan fingerprint density at radius 3 is 2.09 bits per heavy atom. The highest BCUT2D eigenvalue weighted by atomic mass is 16.6. The molecule has 0 unspecified atom stereocenters. The van der Waals surface area contributed by atoms with Crippen molar-refractivity contribution in [3.8, 4) is 11.5 Å². The maximum Gasteiger partial charge on any atom is 0.125 e. The lowest BCUT2D eigenvalue weighted by Gasteiger charge is -2.14. The number of unbranched alkanes of at least 4 members (excludes halogenated alkanes) is 2. The molecule has 0 aliphatic rings. The van der Waals surface area contributed by atoms with Crippen molar-refractivity contribution >= 4 is 6.21 Å². The quantitative estimate of drug-likeness (QED) is 0.120. The molecule has 0 fully saturated rings. The van der Waals surface area contributed by atoms with Gasteiger partial charge in [0.05, 0.1) is 32.6 Å². The molecule has 0 saturated heterocycles. The van der Waals surface area contributed by atoms with E-state index in [1.165, 1.54) is 7.11 Å². The summed E-state index contributed by atoms with van der Waals surface area (Å²) in [7, 11) is 1.51. The summed E-state index contributed by atoms with van der Waals surface area (Å²) in [6.45, 7) is 9.77. The Morgan fingerprint density at radius 1 is 0.794 bits per heavy atom. The minimum Gasteiger partial charge on any atom is -0.493 e. The zero-order valence-electron chi connectivity index (χ0n) is 21.0. The van der Waals surface area contributed by atoms with Crippen LogP contribution in [-0.4, -0.2) is 39.8 Å². The standard InChI is InChI=1S/C28H39NO5/c1-5-6-16-33-27-19-23(2)28(24(3)20-27)34-17-9-7-8-15-31-21-25-10-12-26(13-11-25)22-32-18-14-29-30-4/h5-6,10-14,19-20H,7-9,15-18,21-22H2,1-4H3/b6-5+,29-14+. The number of nitrogens with zero attached hydrogens (tertiary/aromatic N) is 1. The number of ether oxygens (including phenoxy) is 4. The third-order valence-electron chi connectivity index (χ3n) is 5.13. The highest BCUT2D eigenvalue weighted by Crippen LogP contribution is 2.28. The van der Waals surface area contributed by atoms with Crippen LogP contribution in [0.15, 0.2) is 53.7 Å². The molecule has 6 heteroatoms. The van der Waals surface area contributed by atoms with Crippen molar-refractivity contribution in [1.82, 2.24) is 0 Å². The van der Waals surface area contributed by atoms with Gasteiger partial charge in [0.25, 0.3) is 0 Å². The lowest BCUT2D eigenvalue weighted by Crippen LogP contribution is -2.03. The number of oxime groups is 1. The molecule has 0 bridgehead atoms. The fourth-order valence-corrected chi connectivity index (χ4v) is 3.38. The van der Waals surface area contributed by atoms with Crippen LogP contribution in [0.4, 0.5) is 0 Å². The summed E-state index contributed by atoms with van der Waals surface area (Å²) in [4.78, 5) is 4.59. The normalized spacial score (nSPS) is 11.4. The average Bonchev–Trinajstić information content (AvgIpc) is 2.83. The van der Waals surface area contributed by atoms with Gasteiger partial charge < -0.3 is 23.8 Å². The molecule has 0 saturated carbocycles. The Kier molecular flexibility index (Phi) is 13.5. The van der Waals surface area contributed by atoms with Crippen molar-refractivity contribution in [3.63, 3.8) is 0 Å². The first-order valence-electron chi connectivity index (χ1n) is 11.9. The van der Waals surface area contributed by atoms with Crippen LogP contribution in [0, 0.1) is 13.8 Å². The largest absolute Gasteiger partial charge is 0.493 e. The molecule has 2 aromatic carbocycles. The van der Waals surface area contributed by atoms with Gasteiger partial charge in [-0.15, -0.1) is 0 Å². The minimum atomic E-state index is 0.432. The molecule has 0 spiro atoms. The predicted molar refractivity (Wildman–Crippen MR) is 137 cm³/mol. The van der Waals surface area contributed by atoms with Gasteiger partial charge in [0.1, 0.15) is 25.2 Å². The summed E-state index contributed by atoms with van der Waals surface area (Å²) in [6, 6.07) is 12.4. The van der Waals surface area contributed by atoms with Crippen LogP contribution in [0.25, 0.3) is 0 Å². The Morgan fingerprint density at radius 2 is 1.44 bits per heavy atom. The Hall–Kier alpha value is -2.83. The molecule has 0 atom stereocenters. The molecule has 186 valence electrons. The molecule has 0 radical (unpaired) electrons. The first-order valence-corrected chi connectivity index (χ1v) is 11.9. The number of allylic oxidation sites excluding steroid dienone is 1. The summed E-state index contributed by atoms with van der Waals surface area (Å²) in [5.74, 6) is 1.85. The summed E-state index contributed by atoms with van der Waals surface area (Å²) in [6.07, 6.45) is 8.68. The van der Waals surface area contributed by atoms with Crippen LogP contribution in [0.1, 0.15) is 48.4 Å². The molecule has 0 aliphatic carbocycles. The average molecular weight is 470 g/mol. The van der Waals surface area contributed by atoms with Gasteiger partial charge in [0.15, 0.2) is 0 Å². The molecule has 2 aromatic rings. The van der Waals surface area contributed by atoms with Crippen molar-refractivity contribution in [3.05, 3.63) is 70.8 Å². The van der Waals surface area contributed by atoms with Gasteiger partial charge in [-0.1, -0.05) is 41.6 Å². The third-order valence-corrected chi connectivity index (χ3v) is 5.13. The van der Waals surface area contributed by atoms with Crippen LogP contribution >= 0.6 is 0 Å². The monoisotopic (exact) mass is 469 g/mol. The van der Waals surface area contributed by atoms with Crippen LogP contribution in [0.2, 0.25) is 0 Å². The van der Waals surface area contributed by atoms with Crippen molar-refractivity contribution in [2.24, 2.45) is 5.16 Å². The SMILES string of the molecule is C/C=C/COc1cc(C)c(OCCCCCOCc2ccc(COC/C=N/OC)cc2)c(C)c1. The second-order valence-electron chi connectivity index (χ2n) is 8.03. The summed E-state index contributed by atoms with van der Waals surface area (Å²) >= 11 is 0. The fourth-order valence-electron chi connectivity index (χ4n) is 3.38. The van der Waals surface area contributed by atoms with Crippen LogP contribution in [0.5, 0.6) is 11.5 Å². The predicted octanol–water partition coefficient (Wildman–Crippen LogP) is 6.17. The van der Waals surface area contributed by atoms with Gasteiger partial charge in [-0.25, -0.2) is 0 Å². The van der Waals surface area contributed by atoms with E-state index in [0.29, 0.717) is 33.0 Å². The molecule has 34 heavy (non-hydrogen) atoms. The van der Waals surface area contributed by atoms with E-state index < -0.39 is 0 Å². The maximum absolute atomic E-state index is 6.05. The van der Waals surface area contributed by atoms with Crippen molar-refractivity contribution in [1.29, 1.82) is 0 Å². The van der Waals surface area contributed by atoms with Gasteiger partial charge in [0, 0.05) is 6.61 Å². The highest BCUT2D eigenvalue weighted by molar-refractivity contribution is 5.57. The molecular weight excluding hydrogens is 430 g/mol. The molecular formula is C28H39NO5. The number of aryl methyl sites for hydroxylation is 2. The molecule has 0 aliphatic heterocycles. The number of rotatable bonds is 17.